The zero-order valence-electron chi connectivity index (χ0n) is 80.3. The van der Waals surface area contributed by atoms with Crippen LogP contribution in [0, 0.1) is 60.2 Å². The molecule has 2 saturated heterocycles. The highest BCUT2D eigenvalue weighted by atomic mass is 32.2. The highest BCUT2D eigenvalue weighted by Crippen LogP contribution is 2.40. The monoisotopic (exact) mass is 1770 g/mol. The molecule has 0 aromatic heterocycles. The molecule has 13 amide bonds. The predicted molar refractivity (Wildman–Crippen MR) is 489 cm³/mol. The van der Waals surface area contributed by atoms with E-state index in [0.717, 1.165) is 40.5 Å². The summed E-state index contributed by atoms with van der Waals surface area (Å²) >= 11 is 1.57. The van der Waals surface area contributed by atoms with E-state index in [2.05, 4.69) is 36.8 Å². The Morgan fingerprint density at radius 1 is 0.568 bits per heavy atom. The second kappa shape index (κ2) is 50.2. The van der Waals surface area contributed by atoms with E-state index in [0.29, 0.717) is 41.7 Å². The maximum Gasteiger partial charge on any atom is 0.252 e. The van der Waals surface area contributed by atoms with Crippen LogP contribution in [0.1, 0.15) is 225 Å². The van der Waals surface area contributed by atoms with Crippen molar-refractivity contribution in [3.8, 4) is 5.75 Å². The van der Waals surface area contributed by atoms with E-state index in [9.17, 15) is 68.1 Å². The number of fused-ring (bicyclic) bond motifs is 1. The third-order valence-electron chi connectivity index (χ3n) is 24.3. The molecule has 1 saturated carbocycles. The number of β-amino-alcohol motifs (C(OH)–C–C–N with tert-alkyl or cyclic N) is 1. The molecule has 2 aliphatic heterocycles. The van der Waals surface area contributed by atoms with Crippen molar-refractivity contribution in [2.45, 2.75) is 311 Å². The Morgan fingerprint density at radius 3 is 1.60 bits per heavy atom. The number of nitrogens with zero attached hydrogens (tertiary/aromatic N) is 8. The standard InChI is InChI=1S/C62H111N11O12.C32H45N3O4S/c1-25-27-28-40(15)52(75)51-56(79)65-43(26-2)58(81)67(18)33-48(74)68(19)44(29-34(3)4)55(78)66-49(38(11)12)61(84)69(20)45(30-35(5)6)54(77)63-41(16)53(76)64-42(17)57(80)70(21)46(31-36(7)8)59(82)71(22)47(32-37(9)10)60(83)72(23)50(39(13)14)62(85)73(51)24;1-21-25(15-10-16-28(21)36)30(38)33-26(20-40-24-13-6-5-7-14-24)29(37)19-35-18-23-12-9-8-11-22(23)17-27(35)31(39)34-32(2,3)4/h25,27,34-47,49-52,75H,26,28-33H2,1-24H3,(H,63,77)(H,64,76)(H,65,79)(H,66,78);5-7,10,13-16,22-23,26-27,29,36-37H,8-9,11-12,17-20H2,1-4H3,(H,33,38)(H,34,39)/b27-25+;/t40-,41+,42-,43+,44+,45+,46+,47+,49+,50+,51+,52-;22-,23+,26-,27-,29+/m10/s1. The van der Waals surface area contributed by atoms with E-state index in [1.54, 1.807) is 91.4 Å². The molecule has 2 heterocycles. The van der Waals surface area contributed by atoms with Crippen molar-refractivity contribution in [2.24, 2.45) is 53.3 Å². The molecule has 31 heteroatoms. The van der Waals surface area contributed by atoms with Gasteiger partial charge in [-0.1, -0.05) is 153 Å². The number of hydrogen-bond donors (Lipinski definition) is 9. The van der Waals surface area contributed by atoms with Gasteiger partial charge in [-0.15, -0.1) is 11.8 Å². The van der Waals surface area contributed by atoms with Crippen LogP contribution in [-0.2, 0) is 57.5 Å². The average molecular weight is 1770 g/mol. The van der Waals surface area contributed by atoms with Crippen LogP contribution in [0.15, 0.2) is 65.6 Å². The summed E-state index contributed by atoms with van der Waals surface area (Å²) in [6.07, 6.45) is 7.71. The summed E-state index contributed by atoms with van der Waals surface area (Å²) in [5, 5.41) is 51.1. The number of benzene rings is 2. The molecular weight excluding hydrogens is 1610 g/mol. The number of aliphatic hydroxyl groups excluding tert-OH is 2. The van der Waals surface area contributed by atoms with Crippen LogP contribution >= 0.6 is 11.8 Å². The Labute approximate surface area is 750 Å². The van der Waals surface area contributed by atoms with Crippen molar-refractivity contribution < 1.29 is 77.6 Å². The molecule has 0 spiro atoms. The van der Waals surface area contributed by atoms with Crippen LogP contribution in [0.5, 0.6) is 5.75 Å². The highest BCUT2D eigenvalue weighted by molar-refractivity contribution is 7.99. The lowest BCUT2D eigenvalue weighted by Gasteiger charge is -2.47. The Kier molecular flexibility index (Phi) is 43.6. The number of phenolic OH excluding ortho intramolecular Hbond substituents is 1. The van der Waals surface area contributed by atoms with E-state index in [1.165, 1.54) is 101 Å². The van der Waals surface area contributed by atoms with Gasteiger partial charge >= 0.3 is 0 Å². The minimum Gasteiger partial charge on any atom is -0.508 e. The number of aromatic hydroxyl groups is 1. The number of hydrogen-bond acceptors (Lipinski definition) is 18. The fraction of sp³-hybridized carbons (Fsp3) is 0.713. The highest BCUT2D eigenvalue weighted by Gasteiger charge is 2.48. The van der Waals surface area contributed by atoms with Crippen molar-refractivity contribution in [3.63, 3.8) is 0 Å². The van der Waals surface area contributed by atoms with Gasteiger partial charge in [-0.05, 0) is 177 Å². The SMILES string of the molecule is C/C=C/C[C@@H](C)[C@@H](O)[C@H]1C(=O)N[C@@H](CC)C(=O)N(C)CC(=O)N(C)[C@@H](CC(C)C)C(=O)N[C@@H](C(C)C)C(=O)N(C)[C@@H](CC(C)C)C(=O)N[C@@H](C)C(=O)N[C@H](C)C(=O)N(C)[C@@H](CC(C)C)C(=O)N(C)[C@@H](CC(C)C)C(=O)N(C)[C@@H](C(C)C)C(=O)N1C.Cc1c(O)cccc1C(=O)N[C@@H](CSc1ccccc1)[C@H](O)CN1C[C@H]2CCCC[C@H]2C[C@H]1C(=O)NC(C)(C)C. The van der Waals surface area contributed by atoms with Gasteiger partial charge in [0.2, 0.25) is 70.9 Å². The van der Waals surface area contributed by atoms with Crippen LogP contribution in [-0.4, -0.2) is 296 Å². The van der Waals surface area contributed by atoms with E-state index in [1.807, 2.05) is 113 Å². The second-order valence-corrected chi connectivity index (χ2v) is 39.7. The largest absolute Gasteiger partial charge is 0.508 e. The maximum absolute atomic E-state index is 15.1. The zero-order valence-corrected chi connectivity index (χ0v) is 81.1. The third kappa shape index (κ3) is 31.6. The Balaban J connectivity index is 0.000000674. The summed E-state index contributed by atoms with van der Waals surface area (Å²) in [5.41, 5.74) is 0.543. The molecule has 0 radical (unpaired) electrons. The summed E-state index contributed by atoms with van der Waals surface area (Å²) < 4.78 is 0. The molecule has 3 fully saturated rings. The summed E-state index contributed by atoms with van der Waals surface area (Å²) in [6, 6.07) is 1.60. The first-order valence-electron chi connectivity index (χ1n) is 45.1. The van der Waals surface area contributed by atoms with E-state index in [4.69, 9.17) is 0 Å². The smallest absolute Gasteiger partial charge is 0.252 e. The molecule has 125 heavy (non-hydrogen) atoms. The molecule has 0 bridgehead atoms. The first-order valence-corrected chi connectivity index (χ1v) is 46.1. The Hall–Kier alpha value is -8.68. The number of aliphatic hydroxyl groups is 2. The normalized spacial score (nSPS) is 25.7. The number of rotatable bonds is 24. The number of phenols is 1. The van der Waals surface area contributed by atoms with Gasteiger partial charge in [0.1, 0.15) is 66.2 Å². The van der Waals surface area contributed by atoms with Gasteiger partial charge in [-0.3, -0.25) is 67.2 Å². The van der Waals surface area contributed by atoms with E-state index < -0.39 is 168 Å². The van der Waals surface area contributed by atoms with Gasteiger partial charge in [0, 0.05) is 89.7 Å². The topological polar surface area (TPSA) is 381 Å². The van der Waals surface area contributed by atoms with Crippen molar-refractivity contribution in [2.75, 3.05) is 74.7 Å². The summed E-state index contributed by atoms with van der Waals surface area (Å²) in [6.45, 7) is 38.1. The lowest BCUT2D eigenvalue weighted by molar-refractivity contribution is -0.157. The van der Waals surface area contributed by atoms with Gasteiger partial charge in [-0.25, -0.2) is 0 Å². The molecule has 5 rings (SSSR count). The molecule has 9 N–H and O–H groups in total. The van der Waals surface area contributed by atoms with Crippen LogP contribution in [0.3, 0.4) is 0 Å². The molecule has 2 aromatic carbocycles. The van der Waals surface area contributed by atoms with Gasteiger partial charge in [-0.2, -0.15) is 0 Å². The van der Waals surface area contributed by atoms with Gasteiger partial charge in [0.05, 0.1) is 30.8 Å². The number of allylic oxidation sites excluding steroid dienone is 2. The Morgan fingerprint density at radius 2 is 1.07 bits per heavy atom. The van der Waals surface area contributed by atoms with Crippen molar-refractivity contribution in [1.82, 2.24) is 71.1 Å². The first kappa shape index (κ1) is 109. The van der Waals surface area contributed by atoms with Crippen LogP contribution in [0.4, 0.5) is 0 Å². The number of likely N-dealkylation sites (tertiary alicyclic amines) is 1. The van der Waals surface area contributed by atoms with Crippen LogP contribution < -0.4 is 31.9 Å². The first-order chi connectivity index (χ1) is 58.2. The number of thioether (sulfide) groups is 1. The predicted octanol–water partition coefficient (Wildman–Crippen LogP) is 8.02. The lowest BCUT2D eigenvalue weighted by atomic mass is 9.72. The molecule has 3 aliphatic rings. The Bertz CT molecular complexity index is 3950. The molecule has 17 atom stereocenters. The molecule has 1 aliphatic carbocycles. The minimum atomic E-state index is -1.61. The van der Waals surface area contributed by atoms with Gasteiger partial charge in [0.25, 0.3) is 5.91 Å². The van der Waals surface area contributed by atoms with Crippen molar-refractivity contribution in [3.05, 3.63) is 71.8 Å². The lowest BCUT2D eigenvalue weighted by Crippen LogP contribution is -2.63. The van der Waals surface area contributed by atoms with Crippen LogP contribution in [0.2, 0.25) is 0 Å². The third-order valence-corrected chi connectivity index (χ3v) is 25.4. The molecular formula is C94H156N14O16S. The molecule has 0 unspecified atom stereocenters. The number of carbonyl (C=O) groups is 13. The van der Waals surface area contributed by atoms with E-state index >= 15 is 9.59 Å². The van der Waals surface area contributed by atoms with Crippen molar-refractivity contribution in [1.29, 1.82) is 0 Å². The van der Waals surface area contributed by atoms with Crippen LogP contribution in [0.25, 0.3) is 0 Å². The average Bonchev–Trinajstić information content (AvgIpc) is 0.803. The summed E-state index contributed by atoms with van der Waals surface area (Å²) in [7, 11) is 9.92. The summed E-state index contributed by atoms with van der Waals surface area (Å²) in [5.74, 6) is -8.44. The zero-order chi connectivity index (χ0) is 94.8. The number of carbonyl (C=O) groups excluding carboxylic acids is 13. The van der Waals surface area contributed by atoms with Gasteiger partial charge < -0.3 is 81.5 Å². The van der Waals surface area contributed by atoms with E-state index in [-0.39, 0.29) is 84.9 Å². The molecule has 2 aromatic rings. The van der Waals surface area contributed by atoms with Crippen molar-refractivity contribution >= 4 is 88.6 Å². The fourth-order valence-corrected chi connectivity index (χ4v) is 17.8. The quantitative estimate of drug-likeness (QED) is 0.0355. The molecule has 30 nitrogen and oxygen atoms in total. The number of likely N-dealkylation sites (N-methyl/N-ethyl adjacent to an activating group) is 7. The second-order valence-electron chi connectivity index (χ2n) is 38.6. The van der Waals surface area contributed by atoms with Gasteiger partial charge in [0.15, 0.2) is 0 Å². The minimum absolute atomic E-state index is 0.0124. The summed E-state index contributed by atoms with van der Waals surface area (Å²) in [4.78, 5) is 199. The molecule has 704 valence electrons. The number of nitrogens with one attached hydrogen (secondary N) is 6. The number of piperidine rings is 1. The fourth-order valence-electron chi connectivity index (χ4n) is 16.7. The maximum atomic E-state index is 15.1. The number of amides is 13.